The van der Waals surface area contributed by atoms with E-state index >= 15 is 0 Å². The molecule has 0 spiro atoms. The SMILES string of the molecule is CC(C)=CCn1c(O)c(-c2ccccc2)c(=O)[nH]c1=O. The second-order valence-corrected chi connectivity index (χ2v) is 4.72. The number of nitrogens with one attached hydrogen (secondary N) is 1. The Labute approximate surface area is 115 Å². The molecule has 2 rings (SSSR count). The van der Waals surface area contributed by atoms with E-state index in [2.05, 4.69) is 4.98 Å². The van der Waals surface area contributed by atoms with Gasteiger partial charge >= 0.3 is 5.69 Å². The number of aromatic nitrogens is 2. The van der Waals surface area contributed by atoms with E-state index in [0.29, 0.717) is 5.56 Å². The molecule has 0 saturated carbocycles. The Morgan fingerprint density at radius 3 is 2.50 bits per heavy atom. The Morgan fingerprint density at radius 2 is 1.90 bits per heavy atom. The number of hydrogen-bond donors (Lipinski definition) is 2. The van der Waals surface area contributed by atoms with Crippen molar-refractivity contribution in [2.75, 3.05) is 0 Å². The molecule has 5 nitrogen and oxygen atoms in total. The number of allylic oxidation sites excluding steroid dienone is 2. The van der Waals surface area contributed by atoms with Crippen LogP contribution in [0.15, 0.2) is 51.6 Å². The predicted molar refractivity (Wildman–Crippen MR) is 77.9 cm³/mol. The van der Waals surface area contributed by atoms with E-state index in [1.54, 1.807) is 30.3 Å². The van der Waals surface area contributed by atoms with Crippen molar-refractivity contribution in [2.24, 2.45) is 0 Å². The van der Waals surface area contributed by atoms with Gasteiger partial charge in [-0.25, -0.2) is 4.79 Å². The molecule has 1 heterocycles. The number of H-pyrrole nitrogens is 1. The molecule has 104 valence electrons. The van der Waals surface area contributed by atoms with Gasteiger partial charge in [-0.05, 0) is 19.4 Å². The average molecular weight is 272 g/mol. The van der Waals surface area contributed by atoms with Crippen LogP contribution in [-0.2, 0) is 6.54 Å². The van der Waals surface area contributed by atoms with Gasteiger partial charge in [0.25, 0.3) is 5.56 Å². The van der Waals surface area contributed by atoms with Gasteiger partial charge in [0.1, 0.15) is 5.56 Å². The largest absolute Gasteiger partial charge is 0.494 e. The van der Waals surface area contributed by atoms with Crippen molar-refractivity contribution in [1.82, 2.24) is 9.55 Å². The van der Waals surface area contributed by atoms with Gasteiger partial charge in [0.05, 0.1) is 0 Å². The van der Waals surface area contributed by atoms with Crippen LogP contribution in [0.25, 0.3) is 11.1 Å². The van der Waals surface area contributed by atoms with Crippen LogP contribution in [0.2, 0.25) is 0 Å². The van der Waals surface area contributed by atoms with Gasteiger partial charge in [0.2, 0.25) is 5.88 Å². The summed E-state index contributed by atoms with van der Waals surface area (Å²) in [5.74, 6) is -0.317. The molecule has 0 aliphatic carbocycles. The van der Waals surface area contributed by atoms with E-state index in [0.717, 1.165) is 10.1 Å². The molecule has 1 aromatic heterocycles. The zero-order valence-electron chi connectivity index (χ0n) is 11.4. The summed E-state index contributed by atoms with van der Waals surface area (Å²) in [5.41, 5.74) is 0.477. The molecule has 1 aromatic carbocycles. The van der Waals surface area contributed by atoms with E-state index in [1.807, 2.05) is 19.9 Å². The first kappa shape index (κ1) is 13.9. The molecule has 0 saturated heterocycles. The van der Waals surface area contributed by atoms with Crippen molar-refractivity contribution >= 4 is 0 Å². The number of hydrogen-bond acceptors (Lipinski definition) is 3. The van der Waals surface area contributed by atoms with Crippen LogP contribution in [0.4, 0.5) is 0 Å². The monoisotopic (exact) mass is 272 g/mol. The molecule has 0 aliphatic rings. The zero-order valence-corrected chi connectivity index (χ0v) is 11.4. The molecule has 0 amide bonds. The third-order valence-corrected chi connectivity index (χ3v) is 2.92. The average Bonchev–Trinajstić information content (AvgIpc) is 2.38. The van der Waals surface area contributed by atoms with Gasteiger partial charge in [-0.15, -0.1) is 0 Å². The number of benzene rings is 1. The summed E-state index contributed by atoms with van der Waals surface area (Å²) < 4.78 is 1.14. The van der Waals surface area contributed by atoms with E-state index in [1.165, 1.54) is 0 Å². The Bertz CT molecular complexity index is 751. The van der Waals surface area contributed by atoms with Gasteiger partial charge in [0.15, 0.2) is 0 Å². The predicted octanol–water partition coefficient (Wildman–Crippen LogP) is 1.88. The van der Waals surface area contributed by atoms with E-state index in [9.17, 15) is 14.7 Å². The van der Waals surface area contributed by atoms with E-state index < -0.39 is 11.2 Å². The number of aromatic hydroxyl groups is 1. The topological polar surface area (TPSA) is 75.1 Å². The molecule has 0 bridgehead atoms. The lowest BCUT2D eigenvalue weighted by molar-refractivity contribution is 0.413. The van der Waals surface area contributed by atoms with Crippen LogP contribution in [0.5, 0.6) is 5.88 Å². The van der Waals surface area contributed by atoms with Gasteiger partial charge in [-0.1, -0.05) is 42.0 Å². The Balaban J connectivity index is 2.65. The first-order valence-corrected chi connectivity index (χ1v) is 6.25. The molecule has 0 unspecified atom stereocenters. The summed E-state index contributed by atoms with van der Waals surface area (Å²) >= 11 is 0. The third-order valence-electron chi connectivity index (χ3n) is 2.92. The van der Waals surface area contributed by atoms with Crippen molar-refractivity contribution in [3.63, 3.8) is 0 Å². The Hall–Kier alpha value is -2.56. The van der Waals surface area contributed by atoms with Crippen LogP contribution >= 0.6 is 0 Å². The number of rotatable bonds is 3. The molecule has 0 fully saturated rings. The standard InChI is InChI=1S/C15H16N2O3/c1-10(2)8-9-17-14(19)12(13(18)16-15(17)20)11-6-4-3-5-7-11/h3-8,19H,9H2,1-2H3,(H,16,18,20). The van der Waals surface area contributed by atoms with Gasteiger partial charge in [-0.2, -0.15) is 0 Å². The highest BCUT2D eigenvalue weighted by molar-refractivity contribution is 5.67. The lowest BCUT2D eigenvalue weighted by Gasteiger charge is -2.10. The third kappa shape index (κ3) is 2.71. The molecule has 5 heteroatoms. The second kappa shape index (κ2) is 5.61. The molecule has 2 aromatic rings. The maximum atomic E-state index is 11.9. The minimum atomic E-state index is -0.621. The lowest BCUT2D eigenvalue weighted by Crippen LogP contribution is -2.30. The highest BCUT2D eigenvalue weighted by atomic mass is 16.3. The van der Waals surface area contributed by atoms with Crippen LogP contribution in [0.3, 0.4) is 0 Å². The number of nitrogens with zero attached hydrogens (tertiary/aromatic N) is 1. The fourth-order valence-corrected chi connectivity index (χ4v) is 1.87. The minimum absolute atomic E-state index is 0.104. The Kier molecular flexibility index (Phi) is 3.89. The second-order valence-electron chi connectivity index (χ2n) is 4.72. The molecular weight excluding hydrogens is 256 g/mol. The maximum absolute atomic E-state index is 11.9. The van der Waals surface area contributed by atoms with Crippen LogP contribution in [0, 0.1) is 0 Å². The minimum Gasteiger partial charge on any atom is -0.494 e. The lowest BCUT2D eigenvalue weighted by atomic mass is 10.1. The van der Waals surface area contributed by atoms with Crippen molar-refractivity contribution in [1.29, 1.82) is 0 Å². The zero-order chi connectivity index (χ0) is 14.7. The van der Waals surface area contributed by atoms with Crippen molar-refractivity contribution < 1.29 is 5.11 Å². The van der Waals surface area contributed by atoms with Crippen LogP contribution in [0.1, 0.15) is 13.8 Å². The molecule has 20 heavy (non-hydrogen) atoms. The van der Waals surface area contributed by atoms with Crippen LogP contribution in [-0.4, -0.2) is 14.7 Å². The summed E-state index contributed by atoms with van der Waals surface area (Å²) in [5, 5.41) is 10.2. The fraction of sp³-hybridized carbons (Fsp3) is 0.200. The highest BCUT2D eigenvalue weighted by Gasteiger charge is 2.14. The first-order valence-electron chi connectivity index (χ1n) is 6.25. The summed E-state index contributed by atoms with van der Waals surface area (Å²) in [7, 11) is 0. The highest BCUT2D eigenvalue weighted by Crippen LogP contribution is 2.23. The molecule has 0 aliphatic heterocycles. The molecule has 0 radical (unpaired) electrons. The summed E-state index contributed by atoms with van der Waals surface area (Å²) in [6, 6.07) is 8.76. The van der Waals surface area contributed by atoms with Crippen LogP contribution < -0.4 is 11.2 Å². The fourth-order valence-electron chi connectivity index (χ4n) is 1.87. The smallest absolute Gasteiger partial charge is 0.331 e. The molecule has 2 N–H and O–H groups in total. The van der Waals surface area contributed by atoms with E-state index in [4.69, 9.17) is 0 Å². The summed E-state index contributed by atoms with van der Waals surface area (Å²) in [6.45, 7) is 4.00. The van der Waals surface area contributed by atoms with Crippen molar-refractivity contribution in [3.05, 3.63) is 62.8 Å². The van der Waals surface area contributed by atoms with Gasteiger partial charge in [0, 0.05) is 6.54 Å². The summed E-state index contributed by atoms with van der Waals surface area (Å²) in [4.78, 5) is 25.9. The van der Waals surface area contributed by atoms with Crippen molar-refractivity contribution in [3.8, 4) is 17.0 Å². The molecular formula is C15H16N2O3. The van der Waals surface area contributed by atoms with Gasteiger partial charge < -0.3 is 5.11 Å². The first-order chi connectivity index (χ1) is 9.50. The number of aromatic amines is 1. The normalized spacial score (nSPS) is 10.3. The molecule has 0 atom stereocenters. The van der Waals surface area contributed by atoms with Crippen molar-refractivity contribution in [2.45, 2.75) is 20.4 Å². The summed E-state index contributed by atoms with van der Waals surface area (Å²) in [6.07, 6.45) is 1.80. The van der Waals surface area contributed by atoms with E-state index in [-0.39, 0.29) is 18.0 Å². The van der Waals surface area contributed by atoms with Gasteiger partial charge in [-0.3, -0.25) is 14.3 Å². The quantitative estimate of drug-likeness (QED) is 0.838. The Morgan fingerprint density at radius 1 is 1.25 bits per heavy atom. The maximum Gasteiger partial charge on any atom is 0.331 e.